The highest BCUT2D eigenvalue weighted by atomic mass is 16.5. The fourth-order valence-corrected chi connectivity index (χ4v) is 2.81. The van der Waals surface area contributed by atoms with Crippen LogP contribution in [0.15, 0.2) is 36.4 Å². The highest BCUT2D eigenvalue weighted by Crippen LogP contribution is 2.30. The van der Waals surface area contributed by atoms with Crippen LogP contribution >= 0.6 is 0 Å². The normalized spacial score (nSPS) is 12.0. The van der Waals surface area contributed by atoms with Gasteiger partial charge in [-0.15, -0.1) is 0 Å². The van der Waals surface area contributed by atoms with Gasteiger partial charge < -0.3 is 15.2 Å². The van der Waals surface area contributed by atoms with Crippen LogP contribution in [0.25, 0.3) is 0 Å². The molecule has 1 atom stereocenters. The fourth-order valence-electron chi connectivity index (χ4n) is 2.81. The van der Waals surface area contributed by atoms with E-state index in [2.05, 4.69) is 51.1 Å². The minimum absolute atomic E-state index is 0.302. The molecule has 3 heteroatoms. The molecular formula is C21H29NO2. The summed E-state index contributed by atoms with van der Waals surface area (Å²) in [5.74, 6) is 1.90. The monoisotopic (exact) mass is 327 g/mol. The molecule has 0 aliphatic carbocycles. The first-order valence-corrected chi connectivity index (χ1v) is 8.66. The quantitative estimate of drug-likeness (QED) is 0.782. The minimum atomic E-state index is 0.302. The van der Waals surface area contributed by atoms with E-state index in [0.29, 0.717) is 19.1 Å². The number of nitrogens with two attached hydrogens (primary N) is 1. The molecule has 0 radical (unpaired) electrons. The topological polar surface area (TPSA) is 44.5 Å². The van der Waals surface area contributed by atoms with Gasteiger partial charge in [0.25, 0.3) is 0 Å². The lowest BCUT2D eigenvalue weighted by Crippen LogP contribution is -2.15. The van der Waals surface area contributed by atoms with Crippen LogP contribution < -0.4 is 15.2 Å². The van der Waals surface area contributed by atoms with E-state index >= 15 is 0 Å². The van der Waals surface area contributed by atoms with Gasteiger partial charge in [0.1, 0.15) is 0 Å². The Bertz CT molecular complexity index is 667. The van der Waals surface area contributed by atoms with Crippen LogP contribution in [-0.4, -0.2) is 20.3 Å². The average molecular weight is 327 g/mol. The van der Waals surface area contributed by atoms with Crippen molar-refractivity contribution >= 4 is 0 Å². The molecule has 0 saturated heterocycles. The Kier molecular flexibility index (Phi) is 6.68. The number of methoxy groups -OCH3 is 1. The molecule has 0 aromatic heterocycles. The van der Waals surface area contributed by atoms with Gasteiger partial charge in [-0.05, 0) is 67.6 Å². The summed E-state index contributed by atoms with van der Waals surface area (Å²) in [4.78, 5) is 0. The van der Waals surface area contributed by atoms with Crippen LogP contribution in [0.4, 0.5) is 0 Å². The molecule has 0 aliphatic heterocycles. The summed E-state index contributed by atoms with van der Waals surface area (Å²) in [7, 11) is 1.68. The Morgan fingerprint density at radius 3 is 2.42 bits per heavy atom. The van der Waals surface area contributed by atoms with E-state index in [0.717, 1.165) is 24.3 Å². The summed E-state index contributed by atoms with van der Waals surface area (Å²) in [5.41, 5.74) is 11.2. The first-order valence-electron chi connectivity index (χ1n) is 8.66. The third-order valence-electron chi connectivity index (χ3n) is 4.46. The molecule has 2 rings (SSSR count). The van der Waals surface area contributed by atoms with Gasteiger partial charge in [-0.2, -0.15) is 0 Å². The zero-order chi connectivity index (χ0) is 17.5. The number of rotatable bonds is 8. The van der Waals surface area contributed by atoms with Crippen molar-refractivity contribution in [2.45, 2.75) is 39.5 Å². The van der Waals surface area contributed by atoms with Crippen molar-refractivity contribution in [2.75, 3.05) is 20.3 Å². The van der Waals surface area contributed by atoms with Crippen LogP contribution in [-0.2, 0) is 6.42 Å². The molecule has 0 aliphatic rings. The largest absolute Gasteiger partial charge is 0.493 e. The van der Waals surface area contributed by atoms with Crippen LogP contribution in [0.5, 0.6) is 11.5 Å². The highest BCUT2D eigenvalue weighted by Gasteiger charge is 2.13. The first kappa shape index (κ1) is 18.3. The van der Waals surface area contributed by atoms with Gasteiger partial charge in [0.15, 0.2) is 11.5 Å². The van der Waals surface area contributed by atoms with Gasteiger partial charge >= 0.3 is 0 Å². The predicted octanol–water partition coefficient (Wildman–Crippen LogP) is 4.39. The summed E-state index contributed by atoms with van der Waals surface area (Å²) >= 11 is 0. The van der Waals surface area contributed by atoms with Crippen molar-refractivity contribution in [2.24, 2.45) is 5.73 Å². The molecule has 0 spiro atoms. The zero-order valence-corrected chi connectivity index (χ0v) is 15.3. The van der Waals surface area contributed by atoms with E-state index < -0.39 is 0 Å². The summed E-state index contributed by atoms with van der Waals surface area (Å²) in [6, 6.07) is 12.8. The number of hydrogen-bond donors (Lipinski definition) is 1. The van der Waals surface area contributed by atoms with E-state index in [-0.39, 0.29) is 0 Å². The smallest absolute Gasteiger partial charge is 0.161 e. The van der Waals surface area contributed by atoms with E-state index in [9.17, 15) is 0 Å². The lowest BCUT2D eigenvalue weighted by atomic mass is 9.90. The number of ether oxygens (including phenoxy) is 2. The van der Waals surface area contributed by atoms with Crippen molar-refractivity contribution in [3.63, 3.8) is 0 Å². The molecule has 0 fully saturated rings. The predicted molar refractivity (Wildman–Crippen MR) is 100 cm³/mol. The number of aryl methyl sites for hydroxylation is 2. The molecule has 0 amide bonds. The van der Waals surface area contributed by atoms with Crippen LogP contribution in [0.1, 0.15) is 41.5 Å². The SMILES string of the molecule is CCCOc1ccc(CC(CN)c2ccc(C)c(C)c2)cc1OC. The summed E-state index contributed by atoms with van der Waals surface area (Å²) in [6.45, 7) is 7.70. The van der Waals surface area contributed by atoms with E-state index in [1.807, 2.05) is 6.07 Å². The van der Waals surface area contributed by atoms with Gasteiger partial charge in [0.2, 0.25) is 0 Å². The Morgan fingerprint density at radius 2 is 1.79 bits per heavy atom. The van der Waals surface area contributed by atoms with Crippen molar-refractivity contribution in [3.05, 3.63) is 58.7 Å². The maximum atomic E-state index is 6.05. The molecule has 2 N–H and O–H groups in total. The minimum Gasteiger partial charge on any atom is -0.493 e. The van der Waals surface area contributed by atoms with Gasteiger partial charge in [-0.25, -0.2) is 0 Å². The molecule has 0 bridgehead atoms. The molecule has 24 heavy (non-hydrogen) atoms. The Morgan fingerprint density at radius 1 is 1.00 bits per heavy atom. The van der Waals surface area contributed by atoms with E-state index in [1.165, 1.54) is 22.3 Å². The van der Waals surface area contributed by atoms with E-state index in [1.54, 1.807) is 7.11 Å². The maximum absolute atomic E-state index is 6.05. The second-order valence-electron chi connectivity index (χ2n) is 6.31. The van der Waals surface area contributed by atoms with Crippen molar-refractivity contribution in [3.8, 4) is 11.5 Å². The zero-order valence-electron chi connectivity index (χ0n) is 15.3. The summed E-state index contributed by atoms with van der Waals surface area (Å²) in [6.07, 6.45) is 1.87. The molecule has 0 heterocycles. The third kappa shape index (κ3) is 4.51. The van der Waals surface area contributed by atoms with Gasteiger partial charge in [-0.1, -0.05) is 31.2 Å². The van der Waals surface area contributed by atoms with E-state index in [4.69, 9.17) is 15.2 Å². The second-order valence-corrected chi connectivity index (χ2v) is 6.31. The Hall–Kier alpha value is -2.00. The van der Waals surface area contributed by atoms with Crippen LogP contribution in [0, 0.1) is 13.8 Å². The summed E-state index contributed by atoms with van der Waals surface area (Å²) in [5, 5.41) is 0. The lowest BCUT2D eigenvalue weighted by Gasteiger charge is -2.18. The summed E-state index contributed by atoms with van der Waals surface area (Å²) < 4.78 is 11.2. The number of benzene rings is 2. The van der Waals surface area contributed by atoms with Crippen molar-refractivity contribution < 1.29 is 9.47 Å². The van der Waals surface area contributed by atoms with Gasteiger partial charge in [0, 0.05) is 5.92 Å². The highest BCUT2D eigenvalue weighted by molar-refractivity contribution is 5.44. The number of hydrogen-bond acceptors (Lipinski definition) is 3. The van der Waals surface area contributed by atoms with Crippen molar-refractivity contribution in [1.29, 1.82) is 0 Å². The molecule has 130 valence electrons. The average Bonchev–Trinajstić information content (AvgIpc) is 2.60. The molecule has 3 nitrogen and oxygen atoms in total. The standard InChI is InChI=1S/C21H29NO2/c1-5-10-24-20-9-7-17(13-21(20)23-4)12-19(14-22)18-8-6-15(2)16(3)11-18/h6-9,11,13,19H,5,10,12,14,22H2,1-4H3. The fraction of sp³-hybridized carbons (Fsp3) is 0.429. The molecular weight excluding hydrogens is 298 g/mol. The lowest BCUT2D eigenvalue weighted by molar-refractivity contribution is 0.294. The first-order chi connectivity index (χ1) is 11.6. The maximum Gasteiger partial charge on any atom is 0.161 e. The Balaban J connectivity index is 2.19. The molecule has 2 aromatic rings. The second kappa shape index (κ2) is 8.74. The van der Waals surface area contributed by atoms with Crippen molar-refractivity contribution in [1.82, 2.24) is 0 Å². The van der Waals surface area contributed by atoms with Gasteiger partial charge in [0.05, 0.1) is 13.7 Å². The van der Waals surface area contributed by atoms with Crippen LogP contribution in [0.3, 0.4) is 0 Å². The molecule has 0 saturated carbocycles. The third-order valence-corrected chi connectivity index (χ3v) is 4.46. The van der Waals surface area contributed by atoms with Gasteiger partial charge in [-0.3, -0.25) is 0 Å². The molecule has 1 unspecified atom stereocenters. The Labute approximate surface area is 145 Å². The molecule has 2 aromatic carbocycles. The van der Waals surface area contributed by atoms with Crippen LogP contribution in [0.2, 0.25) is 0 Å².